The summed E-state index contributed by atoms with van der Waals surface area (Å²) in [6.45, 7) is 6.48. The molecule has 0 bridgehead atoms. The molecule has 1 aromatic carbocycles. The number of carbonyl (C=O) groups excluding carboxylic acids is 1. The third kappa shape index (κ3) is 3.45. The number of para-hydroxylation sites is 1. The Morgan fingerprint density at radius 2 is 2.12 bits per heavy atom. The van der Waals surface area contributed by atoms with Gasteiger partial charge in [0.15, 0.2) is 0 Å². The van der Waals surface area contributed by atoms with Crippen molar-refractivity contribution < 1.29 is 9.53 Å². The van der Waals surface area contributed by atoms with Crippen LogP contribution in [0, 0.1) is 5.92 Å². The van der Waals surface area contributed by atoms with Crippen molar-refractivity contribution in [3.8, 4) is 0 Å². The van der Waals surface area contributed by atoms with Gasteiger partial charge in [0.2, 0.25) is 0 Å². The highest BCUT2D eigenvalue weighted by Gasteiger charge is 2.27. The Balaban J connectivity index is 1.63. The van der Waals surface area contributed by atoms with Crippen LogP contribution >= 0.6 is 0 Å². The molecule has 0 aliphatic heterocycles. The maximum absolute atomic E-state index is 12.5. The zero-order valence-corrected chi connectivity index (χ0v) is 14.4. The molecule has 5 heteroatoms. The van der Waals surface area contributed by atoms with E-state index in [0.29, 0.717) is 13.0 Å². The molecule has 2 aromatic rings. The number of H-pyrrole nitrogens is 1. The van der Waals surface area contributed by atoms with Gasteiger partial charge in [0.05, 0.1) is 12.1 Å². The van der Waals surface area contributed by atoms with Crippen molar-refractivity contribution in [3.05, 3.63) is 47.3 Å². The highest BCUT2D eigenvalue weighted by atomic mass is 16.5. The van der Waals surface area contributed by atoms with Crippen LogP contribution in [-0.2, 0) is 29.0 Å². The second-order valence-electron chi connectivity index (χ2n) is 6.22. The number of aromatic nitrogens is 2. The van der Waals surface area contributed by atoms with Crippen molar-refractivity contribution in [2.45, 2.75) is 39.7 Å². The summed E-state index contributed by atoms with van der Waals surface area (Å²) < 4.78 is 5.64. The van der Waals surface area contributed by atoms with Crippen LogP contribution < -0.4 is 4.90 Å². The molecule has 5 nitrogen and oxygen atoms in total. The van der Waals surface area contributed by atoms with Gasteiger partial charge in [0.1, 0.15) is 6.61 Å². The number of aromatic amines is 1. The van der Waals surface area contributed by atoms with Crippen LogP contribution in [0.15, 0.2) is 30.5 Å². The lowest BCUT2D eigenvalue weighted by Gasteiger charge is -2.25. The lowest BCUT2D eigenvalue weighted by Crippen LogP contribution is -2.26. The van der Waals surface area contributed by atoms with E-state index in [4.69, 9.17) is 4.74 Å². The average Bonchev–Trinajstić information content (AvgIpc) is 3.09. The Labute approximate surface area is 143 Å². The molecule has 1 aliphatic rings. The second-order valence-corrected chi connectivity index (χ2v) is 6.22. The first-order chi connectivity index (χ1) is 11.7. The fraction of sp³-hybridized carbons (Fsp3) is 0.474. The molecule has 0 saturated carbocycles. The smallest absolute Gasteiger partial charge is 0.309 e. The van der Waals surface area contributed by atoms with Gasteiger partial charge in [0.25, 0.3) is 0 Å². The monoisotopic (exact) mass is 327 g/mol. The van der Waals surface area contributed by atoms with E-state index in [0.717, 1.165) is 42.9 Å². The van der Waals surface area contributed by atoms with E-state index in [-0.39, 0.29) is 11.9 Å². The Hall–Kier alpha value is -2.30. The molecule has 128 valence electrons. The minimum absolute atomic E-state index is 0.0708. The molecule has 24 heavy (non-hydrogen) atoms. The number of ether oxygens (including phenoxy) is 1. The number of nitrogens with one attached hydrogen (secondary N) is 1. The number of fused-ring (bicyclic) bond motifs is 1. The van der Waals surface area contributed by atoms with Crippen LogP contribution in [0.2, 0.25) is 0 Å². The number of aryl methyl sites for hydroxylation is 1. The molecule has 1 aliphatic carbocycles. The fourth-order valence-corrected chi connectivity index (χ4v) is 3.38. The summed E-state index contributed by atoms with van der Waals surface area (Å²) >= 11 is 0. The summed E-state index contributed by atoms with van der Waals surface area (Å²) in [5.41, 5.74) is 4.51. The maximum Gasteiger partial charge on any atom is 0.309 e. The van der Waals surface area contributed by atoms with Crippen molar-refractivity contribution in [1.82, 2.24) is 10.2 Å². The second kappa shape index (κ2) is 7.51. The van der Waals surface area contributed by atoms with Crippen LogP contribution in [0.5, 0.6) is 0 Å². The largest absolute Gasteiger partial charge is 0.461 e. The van der Waals surface area contributed by atoms with Crippen LogP contribution in [-0.4, -0.2) is 29.3 Å². The number of hydrogen-bond acceptors (Lipinski definition) is 4. The Bertz CT molecular complexity index is 691. The molecule has 1 unspecified atom stereocenters. The molecule has 3 rings (SSSR count). The normalized spacial score (nSPS) is 16.5. The molecule has 1 atom stereocenters. The summed E-state index contributed by atoms with van der Waals surface area (Å²) in [4.78, 5) is 14.7. The van der Waals surface area contributed by atoms with Gasteiger partial charge in [0, 0.05) is 36.5 Å². The van der Waals surface area contributed by atoms with Gasteiger partial charge in [-0.2, -0.15) is 5.10 Å². The van der Waals surface area contributed by atoms with Crippen molar-refractivity contribution in [1.29, 1.82) is 0 Å². The molecule has 0 amide bonds. The number of anilines is 1. The summed E-state index contributed by atoms with van der Waals surface area (Å²) in [5, 5.41) is 7.05. The molecular weight excluding hydrogens is 302 g/mol. The number of benzene rings is 1. The van der Waals surface area contributed by atoms with Crippen LogP contribution in [0.3, 0.4) is 0 Å². The Kier molecular flexibility index (Phi) is 5.18. The van der Waals surface area contributed by atoms with Crippen molar-refractivity contribution in [3.63, 3.8) is 0 Å². The van der Waals surface area contributed by atoms with Crippen molar-refractivity contribution in [2.24, 2.45) is 5.92 Å². The van der Waals surface area contributed by atoms with Gasteiger partial charge < -0.3 is 9.64 Å². The molecule has 0 radical (unpaired) electrons. The number of carbonyl (C=O) groups is 1. The summed E-state index contributed by atoms with van der Waals surface area (Å²) in [6, 6.07) is 8.15. The molecule has 1 heterocycles. The summed E-state index contributed by atoms with van der Waals surface area (Å²) in [6.07, 6.45) is 4.29. The van der Waals surface area contributed by atoms with Gasteiger partial charge in [-0.05, 0) is 38.3 Å². The van der Waals surface area contributed by atoms with Gasteiger partial charge in [-0.3, -0.25) is 9.89 Å². The lowest BCUT2D eigenvalue weighted by atomic mass is 9.88. The van der Waals surface area contributed by atoms with E-state index < -0.39 is 0 Å². The molecule has 0 fully saturated rings. The standard InChI is InChI=1S/C19H25N3O2/c1-3-22(4-2)18-8-6-5-7-16(18)13-24-19(23)14-9-10-15-12-20-21-17(15)11-14/h5-8,12,14H,3-4,9-11,13H2,1-2H3,(H,20,21). The number of esters is 1. The van der Waals surface area contributed by atoms with E-state index in [1.807, 2.05) is 24.4 Å². The first-order valence-electron chi connectivity index (χ1n) is 8.73. The first-order valence-corrected chi connectivity index (χ1v) is 8.73. The SMILES string of the molecule is CCN(CC)c1ccccc1COC(=O)C1CCc2cn[nH]c2C1. The predicted octanol–water partition coefficient (Wildman–Crippen LogP) is 3.10. The fourth-order valence-electron chi connectivity index (χ4n) is 3.38. The molecule has 0 saturated heterocycles. The molecular formula is C19H25N3O2. The average molecular weight is 327 g/mol. The Morgan fingerprint density at radius 3 is 2.92 bits per heavy atom. The summed E-state index contributed by atoms with van der Waals surface area (Å²) in [5.74, 6) is -0.178. The van der Waals surface area contributed by atoms with E-state index in [2.05, 4.69) is 35.0 Å². The van der Waals surface area contributed by atoms with Crippen LogP contribution in [0.25, 0.3) is 0 Å². The highest BCUT2D eigenvalue weighted by molar-refractivity contribution is 5.73. The number of nitrogens with zero attached hydrogens (tertiary/aromatic N) is 2. The van der Waals surface area contributed by atoms with Gasteiger partial charge in [-0.1, -0.05) is 18.2 Å². The molecule has 0 spiro atoms. The maximum atomic E-state index is 12.5. The molecule has 1 N–H and O–H groups in total. The lowest BCUT2D eigenvalue weighted by molar-refractivity contribution is -0.150. The Morgan fingerprint density at radius 1 is 1.33 bits per heavy atom. The van der Waals surface area contributed by atoms with E-state index in [1.54, 1.807) is 0 Å². The topological polar surface area (TPSA) is 58.2 Å². The quantitative estimate of drug-likeness (QED) is 0.828. The number of hydrogen-bond donors (Lipinski definition) is 1. The zero-order chi connectivity index (χ0) is 16.9. The number of rotatable bonds is 6. The third-order valence-corrected chi connectivity index (χ3v) is 4.82. The third-order valence-electron chi connectivity index (χ3n) is 4.82. The van der Waals surface area contributed by atoms with Gasteiger partial charge >= 0.3 is 5.97 Å². The zero-order valence-electron chi connectivity index (χ0n) is 14.4. The predicted molar refractivity (Wildman–Crippen MR) is 93.9 cm³/mol. The van der Waals surface area contributed by atoms with Crippen LogP contribution in [0.1, 0.15) is 37.1 Å². The van der Waals surface area contributed by atoms with Crippen molar-refractivity contribution in [2.75, 3.05) is 18.0 Å². The van der Waals surface area contributed by atoms with Gasteiger partial charge in [-0.15, -0.1) is 0 Å². The van der Waals surface area contributed by atoms with E-state index in [9.17, 15) is 4.79 Å². The molecule has 1 aromatic heterocycles. The van der Waals surface area contributed by atoms with E-state index in [1.165, 1.54) is 5.56 Å². The summed E-state index contributed by atoms with van der Waals surface area (Å²) in [7, 11) is 0. The minimum atomic E-state index is -0.107. The highest BCUT2D eigenvalue weighted by Crippen LogP contribution is 2.26. The van der Waals surface area contributed by atoms with Crippen LogP contribution in [0.4, 0.5) is 5.69 Å². The van der Waals surface area contributed by atoms with Gasteiger partial charge in [-0.25, -0.2) is 0 Å². The van der Waals surface area contributed by atoms with E-state index >= 15 is 0 Å². The first kappa shape index (κ1) is 16.6. The van der Waals surface area contributed by atoms with Crippen molar-refractivity contribution >= 4 is 11.7 Å². The minimum Gasteiger partial charge on any atom is -0.461 e.